The Morgan fingerprint density at radius 1 is 1.30 bits per heavy atom. The zero-order valence-electron chi connectivity index (χ0n) is 12.1. The summed E-state index contributed by atoms with van der Waals surface area (Å²) in [6, 6.07) is 7.95. The number of aromatic nitrogens is 1. The number of hydrogen-bond acceptors (Lipinski definition) is 4. The van der Waals surface area contributed by atoms with Gasteiger partial charge in [0.2, 0.25) is 0 Å². The summed E-state index contributed by atoms with van der Waals surface area (Å²) >= 11 is 5.76. The van der Waals surface area contributed by atoms with Gasteiger partial charge in [-0.05, 0) is 42.8 Å². The maximum atomic E-state index is 12.5. The topological polar surface area (TPSA) is 46.5 Å². The molecule has 2 aromatic rings. The number of nitrogens with zero attached hydrogens (tertiary/aromatic N) is 2. The molecule has 0 amide bonds. The van der Waals surface area contributed by atoms with Crippen molar-refractivity contribution >= 4 is 23.6 Å². The maximum absolute atomic E-state index is 12.5. The standard InChI is InChI=1S/C15H13ClF3N3O/c1-2-23-12-5-3-10(4-6-12)8-21-22-14-13(16)7-11(9-20-14)15(17,18)19/h3-9H,2H2,1H3,(H,20,22). The molecule has 1 N–H and O–H groups in total. The predicted molar refractivity (Wildman–Crippen MR) is 83.1 cm³/mol. The molecular formula is C15H13ClF3N3O. The molecule has 2 rings (SSSR count). The van der Waals surface area contributed by atoms with Crippen molar-refractivity contribution in [2.45, 2.75) is 13.1 Å². The van der Waals surface area contributed by atoms with Crippen LogP contribution in [-0.2, 0) is 6.18 Å². The molecule has 0 saturated carbocycles. The van der Waals surface area contributed by atoms with Crippen LogP contribution >= 0.6 is 11.6 Å². The van der Waals surface area contributed by atoms with E-state index >= 15 is 0 Å². The van der Waals surface area contributed by atoms with Gasteiger partial charge in [0.1, 0.15) is 5.75 Å². The van der Waals surface area contributed by atoms with Crippen molar-refractivity contribution in [1.82, 2.24) is 4.98 Å². The van der Waals surface area contributed by atoms with Crippen molar-refractivity contribution in [3.63, 3.8) is 0 Å². The fourth-order valence-corrected chi connectivity index (χ4v) is 1.87. The second-order valence-corrected chi connectivity index (χ2v) is 4.83. The van der Waals surface area contributed by atoms with Crippen LogP contribution in [0.15, 0.2) is 41.6 Å². The Labute approximate surface area is 135 Å². The monoisotopic (exact) mass is 343 g/mol. The molecule has 0 atom stereocenters. The van der Waals surface area contributed by atoms with E-state index in [0.717, 1.165) is 17.4 Å². The highest BCUT2D eigenvalue weighted by molar-refractivity contribution is 6.32. The summed E-state index contributed by atoms with van der Waals surface area (Å²) in [5.74, 6) is 0.784. The molecule has 0 bridgehead atoms. The van der Waals surface area contributed by atoms with Gasteiger partial charge < -0.3 is 4.74 Å². The molecule has 23 heavy (non-hydrogen) atoms. The maximum Gasteiger partial charge on any atom is 0.417 e. The molecule has 0 spiro atoms. The number of rotatable bonds is 5. The van der Waals surface area contributed by atoms with Crippen LogP contribution in [0.25, 0.3) is 0 Å². The van der Waals surface area contributed by atoms with Crippen LogP contribution in [0.3, 0.4) is 0 Å². The van der Waals surface area contributed by atoms with E-state index in [4.69, 9.17) is 16.3 Å². The Kier molecular flexibility index (Phi) is 5.44. The SMILES string of the molecule is CCOc1ccc(C=NNc2ncc(C(F)(F)F)cc2Cl)cc1. The third-order valence-electron chi connectivity index (χ3n) is 2.74. The van der Waals surface area contributed by atoms with Crippen LogP contribution in [0, 0.1) is 0 Å². The molecule has 1 aromatic heterocycles. The summed E-state index contributed by atoms with van der Waals surface area (Å²) in [6.45, 7) is 2.47. The average molecular weight is 344 g/mol. The van der Waals surface area contributed by atoms with Gasteiger partial charge in [0, 0.05) is 6.20 Å². The fraction of sp³-hybridized carbons (Fsp3) is 0.200. The van der Waals surface area contributed by atoms with E-state index in [1.165, 1.54) is 6.21 Å². The summed E-state index contributed by atoms with van der Waals surface area (Å²) in [6.07, 6.45) is -2.30. The zero-order chi connectivity index (χ0) is 16.9. The molecule has 122 valence electrons. The number of alkyl halides is 3. The number of halogens is 4. The Bertz CT molecular complexity index is 687. The number of benzene rings is 1. The number of hydrazone groups is 1. The summed E-state index contributed by atoms with van der Waals surface area (Å²) in [7, 11) is 0. The Balaban J connectivity index is 2.02. The van der Waals surface area contributed by atoms with Crippen molar-refractivity contribution in [2.24, 2.45) is 5.10 Å². The van der Waals surface area contributed by atoms with Crippen molar-refractivity contribution in [3.8, 4) is 5.75 Å². The lowest BCUT2D eigenvalue weighted by Gasteiger charge is -2.08. The molecule has 0 fully saturated rings. The number of ether oxygens (including phenoxy) is 1. The van der Waals surface area contributed by atoms with Crippen LogP contribution < -0.4 is 10.2 Å². The first-order valence-corrected chi connectivity index (χ1v) is 7.02. The number of anilines is 1. The minimum absolute atomic E-state index is 0.0434. The summed E-state index contributed by atoms with van der Waals surface area (Å²) in [5.41, 5.74) is 2.38. The van der Waals surface area contributed by atoms with E-state index < -0.39 is 11.7 Å². The lowest BCUT2D eigenvalue weighted by atomic mass is 10.2. The highest BCUT2D eigenvalue weighted by atomic mass is 35.5. The number of nitrogens with one attached hydrogen (secondary N) is 1. The van der Waals surface area contributed by atoms with E-state index in [1.807, 2.05) is 6.92 Å². The van der Waals surface area contributed by atoms with Crippen LogP contribution in [-0.4, -0.2) is 17.8 Å². The van der Waals surface area contributed by atoms with Gasteiger partial charge in [-0.1, -0.05) is 11.6 Å². The molecule has 4 nitrogen and oxygen atoms in total. The molecule has 1 aromatic carbocycles. The summed E-state index contributed by atoms with van der Waals surface area (Å²) in [4.78, 5) is 3.62. The lowest BCUT2D eigenvalue weighted by Crippen LogP contribution is -2.06. The van der Waals surface area contributed by atoms with Crippen molar-refractivity contribution < 1.29 is 17.9 Å². The Morgan fingerprint density at radius 2 is 2.00 bits per heavy atom. The number of hydrogen-bond donors (Lipinski definition) is 1. The zero-order valence-corrected chi connectivity index (χ0v) is 12.8. The van der Waals surface area contributed by atoms with Crippen LogP contribution in [0.4, 0.5) is 19.0 Å². The van der Waals surface area contributed by atoms with Gasteiger partial charge in [0.05, 0.1) is 23.4 Å². The van der Waals surface area contributed by atoms with E-state index in [9.17, 15) is 13.2 Å². The second-order valence-electron chi connectivity index (χ2n) is 4.42. The van der Waals surface area contributed by atoms with Gasteiger partial charge in [-0.2, -0.15) is 18.3 Å². The third-order valence-corrected chi connectivity index (χ3v) is 3.03. The molecular weight excluding hydrogens is 331 g/mol. The molecule has 1 heterocycles. The first kappa shape index (κ1) is 17.1. The average Bonchev–Trinajstić information content (AvgIpc) is 2.50. The first-order chi connectivity index (χ1) is 10.9. The third kappa shape index (κ3) is 4.85. The molecule has 0 aliphatic rings. The largest absolute Gasteiger partial charge is 0.494 e. The fourth-order valence-electron chi connectivity index (χ4n) is 1.66. The lowest BCUT2D eigenvalue weighted by molar-refractivity contribution is -0.137. The molecule has 8 heteroatoms. The van der Waals surface area contributed by atoms with Crippen LogP contribution in [0.5, 0.6) is 5.75 Å². The molecule has 0 saturated heterocycles. The molecule has 0 aliphatic heterocycles. The minimum Gasteiger partial charge on any atom is -0.494 e. The van der Waals surface area contributed by atoms with E-state index in [-0.39, 0.29) is 10.8 Å². The molecule has 0 aliphatic carbocycles. The summed E-state index contributed by atoms with van der Waals surface area (Å²) in [5, 5.41) is 3.73. The van der Waals surface area contributed by atoms with E-state index in [2.05, 4.69) is 15.5 Å². The second kappa shape index (κ2) is 7.32. The highest BCUT2D eigenvalue weighted by Gasteiger charge is 2.31. The highest BCUT2D eigenvalue weighted by Crippen LogP contribution is 2.32. The van der Waals surface area contributed by atoms with Gasteiger partial charge in [-0.15, -0.1) is 0 Å². The van der Waals surface area contributed by atoms with Gasteiger partial charge in [-0.25, -0.2) is 4.98 Å². The normalized spacial score (nSPS) is 11.7. The van der Waals surface area contributed by atoms with Crippen LogP contribution in [0.1, 0.15) is 18.1 Å². The quantitative estimate of drug-likeness (QED) is 0.637. The van der Waals surface area contributed by atoms with Gasteiger partial charge in [0.15, 0.2) is 5.82 Å². The smallest absolute Gasteiger partial charge is 0.417 e. The Hall–Kier alpha value is -2.28. The van der Waals surface area contributed by atoms with Crippen molar-refractivity contribution in [1.29, 1.82) is 0 Å². The predicted octanol–water partition coefficient (Wildman–Crippen LogP) is 4.60. The minimum atomic E-state index is -4.49. The van der Waals surface area contributed by atoms with E-state index in [1.54, 1.807) is 24.3 Å². The van der Waals surface area contributed by atoms with Gasteiger partial charge in [-0.3, -0.25) is 5.43 Å². The Morgan fingerprint density at radius 3 is 2.57 bits per heavy atom. The summed E-state index contributed by atoms with van der Waals surface area (Å²) < 4.78 is 42.8. The van der Waals surface area contributed by atoms with Gasteiger partial charge >= 0.3 is 6.18 Å². The molecule has 0 unspecified atom stereocenters. The first-order valence-electron chi connectivity index (χ1n) is 6.65. The van der Waals surface area contributed by atoms with Crippen molar-refractivity contribution in [3.05, 3.63) is 52.7 Å². The molecule has 0 radical (unpaired) electrons. The number of pyridine rings is 1. The van der Waals surface area contributed by atoms with Crippen LogP contribution in [0.2, 0.25) is 5.02 Å². The van der Waals surface area contributed by atoms with E-state index in [0.29, 0.717) is 12.8 Å². The van der Waals surface area contributed by atoms with Crippen molar-refractivity contribution in [2.75, 3.05) is 12.0 Å². The van der Waals surface area contributed by atoms with Gasteiger partial charge in [0.25, 0.3) is 0 Å².